The van der Waals surface area contributed by atoms with Crippen LogP contribution < -0.4 is 0 Å². The van der Waals surface area contributed by atoms with E-state index in [1.54, 1.807) is 6.07 Å². The predicted molar refractivity (Wildman–Crippen MR) is 103 cm³/mol. The lowest BCUT2D eigenvalue weighted by Gasteiger charge is -2.33. The van der Waals surface area contributed by atoms with E-state index in [0.717, 1.165) is 24.1 Å². The van der Waals surface area contributed by atoms with Gasteiger partial charge in [-0.25, -0.2) is 0 Å². The minimum Gasteiger partial charge on any atom is -0.358 e. The maximum Gasteiger partial charge on any atom is 0.173 e. The molecule has 0 fully saturated rings. The van der Waals surface area contributed by atoms with Gasteiger partial charge in [-0.2, -0.15) is 0 Å². The second-order valence-corrected chi connectivity index (χ2v) is 7.42. The number of hydrogen-bond donors (Lipinski definition) is 1. The third-order valence-electron chi connectivity index (χ3n) is 5.33. The van der Waals surface area contributed by atoms with Gasteiger partial charge in [-0.05, 0) is 50.7 Å². The van der Waals surface area contributed by atoms with E-state index in [0.29, 0.717) is 16.6 Å². The molecule has 2 atom stereocenters. The van der Waals surface area contributed by atoms with Crippen LogP contribution in [0.4, 0.5) is 0 Å². The SMILES string of the molecule is CN(C)C1Cc2c([nH]c3ccccc23)C(C(=O)c2ccccc2Cl)C1. The van der Waals surface area contributed by atoms with Crippen molar-refractivity contribution in [2.24, 2.45) is 0 Å². The summed E-state index contributed by atoms with van der Waals surface area (Å²) in [5.74, 6) is -0.0894. The van der Waals surface area contributed by atoms with Crippen LogP contribution in [-0.2, 0) is 6.42 Å². The molecule has 1 heterocycles. The predicted octanol–water partition coefficient (Wildman–Crippen LogP) is 4.66. The van der Waals surface area contributed by atoms with Crippen LogP contribution in [0.5, 0.6) is 0 Å². The van der Waals surface area contributed by atoms with Gasteiger partial charge in [0, 0.05) is 28.2 Å². The quantitative estimate of drug-likeness (QED) is 0.696. The van der Waals surface area contributed by atoms with Gasteiger partial charge >= 0.3 is 0 Å². The molecule has 3 nitrogen and oxygen atoms in total. The highest BCUT2D eigenvalue weighted by molar-refractivity contribution is 6.34. The third-order valence-corrected chi connectivity index (χ3v) is 5.66. The van der Waals surface area contributed by atoms with Crippen molar-refractivity contribution in [1.29, 1.82) is 0 Å². The molecule has 4 rings (SSSR count). The summed E-state index contributed by atoms with van der Waals surface area (Å²) in [6.45, 7) is 0. The van der Waals surface area contributed by atoms with Crippen molar-refractivity contribution in [1.82, 2.24) is 9.88 Å². The molecule has 1 aliphatic carbocycles. The molecule has 0 radical (unpaired) electrons. The number of Topliss-reactive ketones (excluding diaryl/α,β-unsaturated/α-hetero) is 1. The number of rotatable bonds is 3. The molecule has 0 amide bonds. The van der Waals surface area contributed by atoms with E-state index in [4.69, 9.17) is 11.6 Å². The molecule has 0 bridgehead atoms. The number of carbonyl (C=O) groups excluding carboxylic acids is 1. The number of nitrogens with zero attached hydrogens (tertiary/aromatic N) is 1. The lowest BCUT2D eigenvalue weighted by Crippen LogP contribution is -2.37. The molecule has 0 saturated heterocycles. The molecule has 128 valence electrons. The summed E-state index contributed by atoms with van der Waals surface area (Å²) in [6, 6.07) is 16.0. The average molecular weight is 353 g/mol. The van der Waals surface area contributed by atoms with E-state index in [1.807, 2.05) is 24.3 Å². The van der Waals surface area contributed by atoms with Crippen LogP contribution in [0.1, 0.15) is 34.0 Å². The second kappa shape index (κ2) is 6.32. The van der Waals surface area contributed by atoms with Gasteiger partial charge in [0.1, 0.15) is 0 Å². The number of nitrogens with one attached hydrogen (secondary N) is 1. The van der Waals surface area contributed by atoms with Gasteiger partial charge in [-0.3, -0.25) is 4.79 Å². The lowest BCUT2D eigenvalue weighted by atomic mass is 9.79. The van der Waals surface area contributed by atoms with E-state index >= 15 is 0 Å². The molecule has 1 N–H and O–H groups in total. The summed E-state index contributed by atoms with van der Waals surface area (Å²) in [7, 11) is 4.17. The van der Waals surface area contributed by atoms with E-state index in [1.165, 1.54) is 10.9 Å². The maximum absolute atomic E-state index is 13.3. The molecule has 3 aromatic rings. The van der Waals surface area contributed by atoms with E-state index < -0.39 is 0 Å². The summed E-state index contributed by atoms with van der Waals surface area (Å²) in [4.78, 5) is 19.0. The Morgan fingerprint density at radius 3 is 2.60 bits per heavy atom. The summed E-state index contributed by atoms with van der Waals surface area (Å²) < 4.78 is 0. The van der Waals surface area contributed by atoms with Crippen LogP contribution in [0.3, 0.4) is 0 Å². The zero-order valence-electron chi connectivity index (χ0n) is 14.4. The van der Waals surface area contributed by atoms with Crippen molar-refractivity contribution in [3.63, 3.8) is 0 Å². The van der Waals surface area contributed by atoms with E-state index in [2.05, 4.69) is 42.2 Å². The minimum absolute atomic E-state index is 0.102. The summed E-state index contributed by atoms with van der Waals surface area (Å²) in [6.07, 6.45) is 1.76. The van der Waals surface area contributed by atoms with Gasteiger partial charge in [-0.1, -0.05) is 41.9 Å². The molecule has 4 heteroatoms. The molecule has 1 aliphatic rings. The zero-order chi connectivity index (χ0) is 17.6. The Labute approximate surface area is 152 Å². The first-order chi connectivity index (χ1) is 12.1. The Balaban J connectivity index is 1.85. The molecule has 2 unspecified atom stereocenters. The number of fused-ring (bicyclic) bond motifs is 3. The number of likely N-dealkylation sites (N-methyl/N-ethyl adjacent to an activating group) is 1. The number of halogens is 1. The standard InChI is InChI=1S/C21H21ClN2O/c1-24(2)13-11-16-14-7-4-6-10-19(14)23-20(16)17(12-13)21(25)15-8-3-5-9-18(15)22/h3-10,13,17,23H,11-12H2,1-2H3. The van der Waals surface area contributed by atoms with Crippen LogP contribution in [0.2, 0.25) is 5.02 Å². The molecule has 0 spiro atoms. The molecule has 25 heavy (non-hydrogen) atoms. The summed E-state index contributed by atoms with van der Waals surface area (Å²) in [5.41, 5.74) is 4.04. The van der Waals surface area contributed by atoms with Gasteiger partial charge in [0.2, 0.25) is 0 Å². The number of aromatic amines is 1. The smallest absolute Gasteiger partial charge is 0.173 e. The van der Waals surface area contributed by atoms with Crippen molar-refractivity contribution >= 4 is 28.3 Å². The third kappa shape index (κ3) is 2.78. The number of ketones is 1. The Kier molecular flexibility index (Phi) is 4.14. The van der Waals surface area contributed by atoms with Crippen LogP contribution in [0, 0.1) is 0 Å². The first-order valence-electron chi connectivity index (χ1n) is 8.61. The second-order valence-electron chi connectivity index (χ2n) is 7.02. The summed E-state index contributed by atoms with van der Waals surface area (Å²) >= 11 is 6.30. The van der Waals surface area contributed by atoms with Gasteiger partial charge in [0.05, 0.1) is 10.9 Å². The topological polar surface area (TPSA) is 36.1 Å². The van der Waals surface area contributed by atoms with E-state index in [9.17, 15) is 4.79 Å². The van der Waals surface area contributed by atoms with E-state index in [-0.39, 0.29) is 11.7 Å². The van der Waals surface area contributed by atoms with Crippen molar-refractivity contribution in [2.45, 2.75) is 24.8 Å². The Hall–Kier alpha value is -2.10. The highest BCUT2D eigenvalue weighted by Gasteiger charge is 2.36. The van der Waals surface area contributed by atoms with Crippen LogP contribution in [-0.4, -0.2) is 35.8 Å². The Bertz CT molecular complexity index is 944. The molecule has 0 aliphatic heterocycles. The van der Waals surface area contributed by atoms with Crippen LogP contribution in [0.25, 0.3) is 10.9 Å². The molecular formula is C21H21ClN2O. The molecule has 2 aromatic carbocycles. The fourth-order valence-corrected chi connectivity index (χ4v) is 4.16. The number of para-hydroxylation sites is 1. The van der Waals surface area contributed by atoms with Crippen molar-refractivity contribution in [2.75, 3.05) is 14.1 Å². The van der Waals surface area contributed by atoms with Gasteiger partial charge < -0.3 is 9.88 Å². The minimum atomic E-state index is -0.191. The highest BCUT2D eigenvalue weighted by atomic mass is 35.5. The van der Waals surface area contributed by atoms with Gasteiger partial charge in [-0.15, -0.1) is 0 Å². The van der Waals surface area contributed by atoms with Crippen molar-refractivity contribution < 1.29 is 4.79 Å². The average Bonchev–Trinajstić information content (AvgIpc) is 2.99. The van der Waals surface area contributed by atoms with Crippen molar-refractivity contribution in [3.05, 3.63) is 70.4 Å². The summed E-state index contributed by atoms with van der Waals surface area (Å²) in [5, 5.41) is 1.75. The first kappa shape index (κ1) is 16.4. The van der Waals surface area contributed by atoms with Crippen LogP contribution >= 0.6 is 11.6 Å². The maximum atomic E-state index is 13.3. The number of aromatic nitrogens is 1. The zero-order valence-corrected chi connectivity index (χ0v) is 15.2. The highest BCUT2D eigenvalue weighted by Crippen LogP contribution is 2.39. The van der Waals surface area contributed by atoms with Crippen LogP contribution in [0.15, 0.2) is 48.5 Å². The number of hydrogen-bond acceptors (Lipinski definition) is 2. The molecule has 0 saturated carbocycles. The van der Waals surface area contributed by atoms with Gasteiger partial charge in [0.15, 0.2) is 5.78 Å². The van der Waals surface area contributed by atoms with Gasteiger partial charge in [0.25, 0.3) is 0 Å². The lowest BCUT2D eigenvalue weighted by molar-refractivity contribution is 0.0930. The number of carbonyl (C=O) groups is 1. The number of benzene rings is 2. The first-order valence-corrected chi connectivity index (χ1v) is 8.98. The Morgan fingerprint density at radius 2 is 1.84 bits per heavy atom. The molecule has 1 aromatic heterocycles. The molecular weight excluding hydrogens is 332 g/mol. The fraction of sp³-hybridized carbons (Fsp3) is 0.286. The normalized spacial score (nSPS) is 20.0. The largest absolute Gasteiger partial charge is 0.358 e. The Morgan fingerprint density at radius 1 is 1.12 bits per heavy atom. The number of H-pyrrole nitrogens is 1. The van der Waals surface area contributed by atoms with Crippen molar-refractivity contribution in [3.8, 4) is 0 Å². The fourth-order valence-electron chi connectivity index (χ4n) is 3.93. The monoisotopic (exact) mass is 352 g/mol.